The van der Waals surface area contributed by atoms with Crippen LogP contribution in [0, 0.1) is 6.92 Å². The van der Waals surface area contributed by atoms with Crippen molar-refractivity contribution in [3.8, 4) is 0 Å². The minimum atomic E-state index is 0.301. The molecule has 0 radical (unpaired) electrons. The maximum absolute atomic E-state index is 6.07. The van der Waals surface area contributed by atoms with Crippen LogP contribution < -0.4 is 0 Å². The van der Waals surface area contributed by atoms with Crippen molar-refractivity contribution in [2.75, 3.05) is 0 Å². The van der Waals surface area contributed by atoms with Crippen LogP contribution in [0.5, 0.6) is 0 Å². The summed E-state index contributed by atoms with van der Waals surface area (Å²) in [6.07, 6.45) is 1.01. The molecule has 0 spiro atoms. The summed E-state index contributed by atoms with van der Waals surface area (Å²) in [6, 6.07) is 8.41. The molecule has 0 bridgehead atoms. The van der Waals surface area contributed by atoms with Gasteiger partial charge in [0.05, 0.1) is 10.2 Å². The van der Waals surface area contributed by atoms with Crippen LogP contribution in [0.15, 0.2) is 28.7 Å². The van der Waals surface area contributed by atoms with Gasteiger partial charge in [0.2, 0.25) is 0 Å². The molecule has 86 valence electrons. The highest BCUT2D eigenvalue weighted by Crippen LogP contribution is 2.39. The Bertz CT molecular complexity index is 575. The Morgan fingerprint density at radius 1 is 1.29 bits per heavy atom. The minimum Gasteiger partial charge on any atom is -0.236 e. The lowest BCUT2D eigenvalue weighted by atomic mass is 9.77. The number of aromatic nitrogens is 2. The fourth-order valence-corrected chi connectivity index (χ4v) is 2.59. The zero-order valence-corrected chi connectivity index (χ0v) is 11.6. The Kier molecular flexibility index (Phi) is 2.68. The molecule has 0 saturated carbocycles. The van der Waals surface area contributed by atoms with Gasteiger partial charge >= 0.3 is 0 Å². The molecule has 3 rings (SSSR count). The molecule has 0 aliphatic heterocycles. The molecule has 2 aromatic rings. The third-order valence-corrected chi connectivity index (χ3v) is 4.61. The second kappa shape index (κ2) is 4.07. The maximum atomic E-state index is 6.07. The van der Waals surface area contributed by atoms with E-state index >= 15 is 0 Å². The Morgan fingerprint density at radius 3 is 2.76 bits per heavy atom. The largest absolute Gasteiger partial charge is 0.236 e. The van der Waals surface area contributed by atoms with Crippen LogP contribution in [-0.2, 0) is 6.42 Å². The van der Waals surface area contributed by atoms with Crippen molar-refractivity contribution in [2.24, 2.45) is 0 Å². The molecule has 1 aliphatic carbocycles. The molecule has 0 N–H and O–H groups in total. The van der Waals surface area contributed by atoms with Crippen molar-refractivity contribution >= 4 is 27.5 Å². The van der Waals surface area contributed by atoms with E-state index in [1.54, 1.807) is 0 Å². The molecule has 0 saturated heterocycles. The summed E-state index contributed by atoms with van der Waals surface area (Å²) in [5, 5.41) is 0.497. The predicted molar refractivity (Wildman–Crippen MR) is 71.5 cm³/mol. The SMILES string of the molecule is Cc1nc(C2Cc3ccccc32)nc(Cl)c1Br. The molecule has 1 atom stereocenters. The number of rotatable bonds is 1. The van der Waals surface area contributed by atoms with E-state index in [1.165, 1.54) is 11.1 Å². The summed E-state index contributed by atoms with van der Waals surface area (Å²) < 4.78 is 0.788. The van der Waals surface area contributed by atoms with Crippen molar-refractivity contribution in [2.45, 2.75) is 19.3 Å². The molecule has 1 aliphatic rings. The Labute approximate surface area is 113 Å². The predicted octanol–water partition coefficient (Wildman–Crippen LogP) is 3.89. The van der Waals surface area contributed by atoms with Crippen molar-refractivity contribution < 1.29 is 0 Å². The molecule has 1 aromatic carbocycles. The summed E-state index contributed by atoms with van der Waals surface area (Å²) in [6.45, 7) is 1.94. The van der Waals surface area contributed by atoms with E-state index in [2.05, 4.69) is 50.2 Å². The van der Waals surface area contributed by atoms with Gasteiger partial charge in [-0.3, -0.25) is 0 Å². The number of fused-ring (bicyclic) bond motifs is 1. The van der Waals surface area contributed by atoms with Crippen molar-refractivity contribution in [3.63, 3.8) is 0 Å². The molecular weight excluding hydrogens is 300 g/mol. The molecule has 4 heteroatoms. The standard InChI is InChI=1S/C13H10BrClN2/c1-7-11(14)12(15)17-13(16-7)10-6-8-4-2-3-5-9(8)10/h2-5,10H,6H2,1H3. The second-order valence-electron chi connectivity index (χ2n) is 4.23. The molecule has 2 nitrogen and oxygen atoms in total. The Balaban J connectivity index is 2.03. The maximum Gasteiger partial charge on any atom is 0.147 e. The first kappa shape index (κ1) is 11.2. The van der Waals surface area contributed by atoms with Gasteiger partial charge in [-0.05, 0) is 40.4 Å². The molecule has 1 unspecified atom stereocenters. The number of benzene rings is 1. The number of aryl methyl sites for hydroxylation is 1. The van der Waals surface area contributed by atoms with Gasteiger partial charge in [-0.1, -0.05) is 35.9 Å². The highest BCUT2D eigenvalue weighted by molar-refractivity contribution is 9.10. The zero-order chi connectivity index (χ0) is 12.0. The van der Waals surface area contributed by atoms with Gasteiger partial charge in [0.25, 0.3) is 0 Å². The van der Waals surface area contributed by atoms with Crippen molar-refractivity contribution in [3.05, 3.63) is 56.5 Å². The molecule has 1 aromatic heterocycles. The van der Waals surface area contributed by atoms with E-state index in [-0.39, 0.29) is 0 Å². The summed E-state index contributed by atoms with van der Waals surface area (Å²) in [5.41, 5.74) is 3.60. The molecule has 0 fully saturated rings. The first-order valence-corrected chi connectivity index (χ1v) is 6.61. The van der Waals surface area contributed by atoms with Crippen molar-refractivity contribution in [1.82, 2.24) is 9.97 Å². The van der Waals surface area contributed by atoms with Crippen LogP contribution >= 0.6 is 27.5 Å². The second-order valence-corrected chi connectivity index (χ2v) is 5.38. The monoisotopic (exact) mass is 308 g/mol. The summed E-state index contributed by atoms with van der Waals surface area (Å²) in [5.74, 6) is 1.13. The molecule has 17 heavy (non-hydrogen) atoms. The number of halogens is 2. The smallest absolute Gasteiger partial charge is 0.147 e. The third-order valence-electron chi connectivity index (χ3n) is 3.16. The topological polar surface area (TPSA) is 25.8 Å². The van der Waals surface area contributed by atoms with Crippen LogP contribution in [-0.4, -0.2) is 9.97 Å². The lowest BCUT2D eigenvalue weighted by Gasteiger charge is -2.29. The average Bonchev–Trinajstić information content (AvgIpc) is 2.27. The molecule has 0 amide bonds. The zero-order valence-electron chi connectivity index (χ0n) is 9.24. The van der Waals surface area contributed by atoms with Crippen LogP contribution in [0.4, 0.5) is 0 Å². The average molecular weight is 310 g/mol. The Hall–Kier alpha value is -0.930. The van der Waals surface area contributed by atoms with Crippen LogP contribution in [0.25, 0.3) is 0 Å². The number of hydrogen-bond donors (Lipinski definition) is 0. The molecule has 1 heterocycles. The van der Waals surface area contributed by atoms with Crippen molar-refractivity contribution in [1.29, 1.82) is 0 Å². The van der Waals surface area contributed by atoms with Crippen LogP contribution in [0.1, 0.15) is 28.6 Å². The van der Waals surface area contributed by atoms with E-state index in [4.69, 9.17) is 11.6 Å². The lowest BCUT2D eigenvalue weighted by Crippen LogP contribution is -2.20. The van der Waals surface area contributed by atoms with E-state index in [1.807, 2.05) is 6.92 Å². The fraction of sp³-hybridized carbons (Fsp3) is 0.231. The lowest BCUT2D eigenvalue weighted by molar-refractivity contribution is 0.655. The first-order valence-electron chi connectivity index (χ1n) is 5.44. The van der Waals surface area contributed by atoms with Gasteiger partial charge in [-0.2, -0.15) is 0 Å². The quantitative estimate of drug-likeness (QED) is 0.747. The van der Waals surface area contributed by atoms with Gasteiger partial charge in [0, 0.05) is 5.92 Å². The highest BCUT2D eigenvalue weighted by atomic mass is 79.9. The van der Waals surface area contributed by atoms with Crippen LogP contribution in [0.2, 0.25) is 5.15 Å². The van der Waals surface area contributed by atoms with E-state index < -0.39 is 0 Å². The first-order chi connectivity index (χ1) is 8.16. The summed E-state index contributed by atoms with van der Waals surface area (Å²) in [7, 11) is 0. The summed E-state index contributed by atoms with van der Waals surface area (Å²) >= 11 is 9.45. The van der Waals surface area contributed by atoms with E-state index in [0.29, 0.717) is 11.1 Å². The number of nitrogens with zero attached hydrogens (tertiary/aromatic N) is 2. The minimum absolute atomic E-state index is 0.301. The van der Waals surface area contributed by atoms with Gasteiger partial charge in [-0.25, -0.2) is 9.97 Å². The summed E-state index contributed by atoms with van der Waals surface area (Å²) in [4.78, 5) is 8.87. The highest BCUT2D eigenvalue weighted by Gasteiger charge is 2.29. The van der Waals surface area contributed by atoms with Gasteiger partial charge in [-0.15, -0.1) is 0 Å². The Morgan fingerprint density at radius 2 is 2.06 bits per heavy atom. The van der Waals surface area contributed by atoms with Gasteiger partial charge < -0.3 is 0 Å². The molecular formula is C13H10BrClN2. The fourth-order valence-electron chi connectivity index (χ4n) is 2.19. The van der Waals surface area contributed by atoms with E-state index in [0.717, 1.165) is 22.4 Å². The van der Waals surface area contributed by atoms with Crippen LogP contribution in [0.3, 0.4) is 0 Å². The van der Waals surface area contributed by atoms with E-state index in [9.17, 15) is 0 Å². The number of hydrogen-bond acceptors (Lipinski definition) is 2. The van der Waals surface area contributed by atoms with Gasteiger partial charge in [0.1, 0.15) is 11.0 Å². The normalized spacial score (nSPS) is 17.5. The third kappa shape index (κ3) is 1.78. The van der Waals surface area contributed by atoms with Gasteiger partial charge in [0.15, 0.2) is 0 Å².